The Hall–Kier alpha value is -1.96. The van der Waals surface area contributed by atoms with E-state index < -0.39 is 12.7 Å². The summed E-state index contributed by atoms with van der Waals surface area (Å²) in [7, 11) is 1.66. The molecule has 0 bridgehead atoms. The molecule has 1 fully saturated rings. The van der Waals surface area contributed by atoms with Crippen molar-refractivity contribution >= 4 is 6.03 Å². The van der Waals surface area contributed by atoms with Gasteiger partial charge in [-0.1, -0.05) is 12.1 Å². The first-order valence-corrected chi connectivity index (χ1v) is 8.29. The number of hydrogen-bond donors (Lipinski definition) is 1. The molecule has 2 amide bonds. The van der Waals surface area contributed by atoms with Gasteiger partial charge < -0.3 is 15.0 Å². The monoisotopic (exact) mass is 359 g/mol. The Morgan fingerprint density at radius 1 is 1.36 bits per heavy atom. The van der Waals surface area contributed by atoms with Crippen LogP contribution in [0.15, 0.2) is 24.3 Å². The minimum Gasteiger partial charge on any atom is -0.494 e. The van der Waals surface area contributed by atoms with Gasteiger partial charge >= 0.3 is 12.2 Å². The summed E-state index contributed by atoms with van der Waals surface area (Å²) in [5, 5.41) is 2.80. The summed E-state index contributed by atoms with van der Waals surface area (Å²) < 4.78 is 42.6. The Morgan fingerprint density at radius 3 is 2.64 bits per heavy atom. The average molecular weight is 359 g/mol. The number of ether oxygens (including phenoxy) is 1. The van der Waals surface area contributed by atoms with Gasteiger partial charge in [0.05, 0.1) is 13.2 Å². The molecule has 140 valence electrons. The van der Waals surface area contributed by atoms with Gasteiger partial charge in [0, 0.05) is 32.7 Å². The number of carbonyl (C=O) groups excluding carboxylic acids is 1. The standard InChI is InChI=1S/C17H24F3N3O2/c1-3-25-15-6-4-13(5-7-15)10-22(2)16(24)21-14-8-9-23(11-14)12-17(18,19)20/h4-7,14H,3,8-12H2,1-2H3,(H,21,24)/t14-/m1/s1. The normalized spacial score (nSPS) is 18.2. The Bertz CT molecular complexity index is 563. The van der Waals surface area contributed by atoms with Gasteiger partial charge in [-0.2, -0.15) is 13.2 Å². The predicted molar refractivity (Wildman–Crippen MR) is 88.5 cm³/mol. The molecule has 0 aliphatic carbocycles. The van der Waals surface area contributed by atoms with E-state index in [9.17, 15) is 18.0 Å². The fourth-order valence-electron chi connectivity index (χ4n) is 2.84. The Labute approximate surface area is 145 Å². The van der Waals surface area contributed by atoms with Gasteiger partial charge in [-0.05, 0) is 31.0 Å². The van der Waals surface area contributed by atoms with Crippen molar-refractivity contribution in [3.05, 3.63) is 29.8 Å². The highest BCUT2D eigenvalue weighted by Crippen LogP contribution is 2.20. The van der Waals surface area contributed by atoms with Crippen LogP contribution in [0.2, 0.25) is 0 Å². The van der Waals surface area contributed by atoms with E-state index in [1.807, 2.05) is 31.2 Å². The molecule has 2 rings (SSSR count). The molecule has 5 nitrogen and oxygen atoms in total. The van der Waals surface area contributed by atoms with E-state index in [4.69, 9.17) is 4.74 Å². The van der Waals surface area contributed by atoms with E-state index in [1.54, 1.807) is 7.05 Å². The quantitative estimate of drug-likeness (QED) is 0.850. The van der Waals surface area contributed by atoms with E-state index in [2.05, 4.69) is 5.32 Å². The van der Waals surface area contributed by atoms with Gasteiger partial charge in [-0.15, -0.1) is 0 Å². The van der Waals surface area contributed by atoms with Gasteiger partial charge in [0.1, 0.15) is 5.75 Å². The van der Waals surface area contributed by atoms with Crippen molar-refractivity contribution in [1.29, 1.82) is 0 Å². The highest BCUT2D eigenvalue weighted by atomic mass is 19.4. The first-order chi connectivity index (χ1) is 11.8. The van der Waals surface area contributed by atoms with Crippen molar-refractivity contribution in [2.45, 2.75) is 32.1 Å². The fraction of sp³-hybridized carbons (Fsp3) is 0.588. The molecule has 1 heterocycles. The summed E-state index contributed by atoms with van der Waals surface area (Å²) in [6, 6.07) is 6.92. The Kier molecular flexibility index (Phi) is 6.52. The zero-order valence-corrected chi connectivity index (χ0v) is 14.5. The number of hydrogen-bond acceptors (Lipinski definition) is 3. The molecule has 0 saturated carbocycles. The molecule has 0 unspecified atom stereocenters. The molecule has 1 aliphatic heterocycles. The SMILES string of the molecule is CCOc1ccc(CN(C)C(=O)N[C@@H]2CCN(CC(F)(F)F)C2)cc1. The van der Waals surface area contributed by atoms with Crippen molar-refractivity contribution in [2.24, 2.45) is 0 Å². The molecule has 1 aromatic rings. The number of rotatable bonds is 6. The van der Waals surface area contributed by atoms with Crippen LogP contribution in [0.1, 0.15) is 18.9 Å². The molecule has 1 aromatic carbocycles. The van der Waals surface area contributed by atoms with Gasteiger partial charge in [0.15, 0.2) is 0 Å². The van der Waals surface area contributed by atoms with Crippen molar-refractivity contribution in [3.8, 4) is 5.75 Å². The fourth-order valence-corrected chi connectivity index (χ4v) is 2.84. The van der Waals surface area contributed by atoms with Crippen molar-refractivity contribution in [3.63, 3.8) is 0 Å². The summed E-state index contributed by atoms with van der Waals surface area (Å²) in [5.41, 5.74) is 0.950. The van der Waals surface area contributed by atoms with Gasteiger partial charge in [0.2, 0.25) is 0 Å². The first kappa shape index (κ1) is 19.4. The zero-order chi connectivity index (χ0) is 18.4. The molecule has 1 atom stereocenters. The van der Waals surface area contributed by atoms with Gasteiger partial charge in [-0.25, -0.2) is 4.79 Å². The van der Waals surface area contributed by atoms with Crippen molar-refractivity contribution in [2.75, 3.05) is 33.3 Å². The van der Waals surface area contributed by atoms with E-state index in [0.717, 1.165) is 11.3 Å². The molecule has 1 N–H and O–H groups in total. The molecule has 8 heteroatoms. The third-order valence-corrected chi connectivity index (χ3v) is 4.00. The Morgan fingerprint density at radius 2 is 2.04 bits per heavy atom. The molecular weight excluding hydrogens is 335 g/mol. The smallest absolute Gasteiger partial charge is 0.401 e. The second-order valence-corrected chi connectivity index (χ2v) is 6.22. The highest BCUT2D eigenvalue weighted by molar-refractivity contribution is 5.74. The topological polar surface area (TPSA) is 44.8 Å². The number of benzene rings is 1. The molecule has 1 saturated heterocycles. The molecule has 0 aromatic heterocycles. The first-order valence-electron chi connectivity index (χ1n) is 8.29. The lowest BCUT2D eigenvalue weighted by atomic mass is 10.2. The van der Waals surface area contributed by atoms with Crippen LogP contribution in [0.5, 0.6) is 5.75 Å². The third-order valence-electron chi connectivity index (χ3n) is 4.00. The number of nitrogens with zero attached hydrogens (tertiary/aromatic N) is 2. The number of likely N-dealkylation sites (tertiary alicyclic amines) is 1. The summed E-state index contributed by atoms with van der Waals surface area (Å²) in [6.45, 7) is 2.55. The van der Waals surface area contributed by atoms with Crippen LogP contribution in [-0.4, -0.2) is 61.3 Å². The van der Waals surface area contributed by atoms with E-state index in [0.29, 0.717) is 26.1 Å². The van der Waals surface area contributed by atoms with Crippen molar-refractivity contribution in [1.82, 2.24) is 15.1 Å². The lowest BCUT2D eigenvalue weighted by molar-refractivity contribution is -0.143. The Balaban J connectivity index is 1.78. The lowest BCUT2D eigenvalue weighted by Crippen LogP contribution is -2.44. The number of carbonyl (C=O) groups is 1. The number of halogens is 3. The number of urea groups is 1. The van der Waals surface area contributed by atoms with E-state index >= 15 is 0 Å². The largest absolute Gasteiger partial charge is 0.494 e. The summed E-state index contributed by atoms with van der Waals surface area (Å²) in [5.74, 6) is 0.772. The minimum absolute atomic E-state index is 0.224. The summed E-state index contributed by atoms with van der Waals surface area (Å²) in [4.78, 5) is 15.0. The van der Waals surface area contributed by atoms with Crippen molar-refractivity contribution < 1.29 is 22.7 Å². The third kappa shape index (κ3) is 6.45. The second-order valence-electron chi connectivity index (χ2n) is 6.22. The van der Waals surface area contributed by atoms with E-state index in [1.165, 1.54) is 9.80 Å². The highest BCUT2D eigenvalue weighted by Gasteiger charge is 2.34. The minimum atomic E-state index is -4.21. The molecule has 0 spiro atoms. The number of amides is 2. The lowest BCUT2D eigenvalue weighted by Gasteiger charge is -2.22. The maximum Gasteiger partial charge on any atom is 0.401 e. The summed E-state index contributed by atoms with van der Waals surface area (Å²) >= 11 is 0. The molecular formula is C17H24F3N3O2. The molecule has 1 aliphatic rings. The van der Waals surface area contributed by atoms with E-state index in [-0.39, 0.29) is 18.6 Å². The van der Waals surface area contributed by atoms with Crippen LogP contribution in [0.4, 0.5) is 18.0 Å². The summed E-state index contributed by atoms with van der Waals surface area (Å²) in [6.07, 6.45) is -3.68. The van der Waals surface area contributed by atoms with Crippen LogP contribution < -0.4 is 10.1 Å². The second kappa shape index (κ2) is 8.42. The van der Waals surface area contributed by atoms with Crippen LogP contribution in [0, 0.1) is 0 Å². The van der Waals surface area contributed by atoms with Crippen LogP contribution in [0.3, 0.4) is 0 Å². The van der Waals surface area contributed by atoms with Gasteiger partial charge in [0.25, 0.3) is 0 Å². The van der Waals surface area contributed by atoms with Gasteiger partial charge in [-0.3, -0.25) is 4.90 Å². The molecule has 0 radical (unpaired) electrons. The van der Waals surface area contributed by atoms with Crippen LogP contribution in [-0.2, 0) is 6.54 Å². The average Bonchev–Trinajstić information content (AvgIpc) is 2.94. The number of nitrogens with one attached hydrogen (secondary N) is 1. The maximum absolute atomic E-state index is 12.4. The maximum atomic E-state index is 12.4. The zero-order valence-electron chi connectivity index (χ0n) is 14.5. The van der Waals surface area contributed by atoms with Crippen LogP contribution >= 0.6 is 0 Å². The molecule has 25 heavy (non-hydrogen) atoms. The number of alkyl halides is 3. The predicted octanol–water partition coefficient (Wildman–Crippen LogP) is 2.86. The van der Waals surface area contributed by atoms with Crippen LogP contribution in [0.25, 0.3) is 0 Å².